The summed E-state index contributed by atoms with van der Waals surface area (Å²) >= 11 is 0. The Kier molecular flexibility index (Phi) is 8.07. The number of ketones is 4. The smallest absolute Gasteiger partial charge is 0.235 e. The first-order valence-corrected chi connectivity index (χ1v) is 14.2. The molecule has 12 heteroatoms. The molecule has 0 spiro atoms. The van der Waals surface area contributed by atoms with Crippen molar-refractivity contribution in [2.75, 3.05) is 41.3 Å². The standard InChI is InChI=1S/C31H36N4O8/c1-34(2)9-10-43-14-17-6-5-15(13-33-17)18-7-8-21(36)23-19(18)11-16-12-20-25(35(3)4)27(38)24(30(32)41)29(40)31(20,42)28(39)22(16)26(23)37/h5-8,13,16,20,22,24-25,36,42H,9-12,14H2,1-4H3,(H2,32,41)/t16-,20-,22?,24?,25-,31-/m0/s1. The van der Waals surface area contributed by atoms with E-state index in [0.717, 1.165) is 12.2 Å². The highest BCUT2D eigenvalue weighted by Crippen LogP contribution is 2.51. The number of amides is 1. The summed E-state index contributed by atoms with van der Waals surface area (Å²) in [4.78, 5) is 74.6. The van der Waals surface area contributed by atoms with Crippen LogP contribution in [0.3, 0.4) is 0 Å². The third-order valence-electron chi connectivity index (χ3n) is 9.01. The highest BCUT2D eigenvalue weighted by molar-refractivity contribution is 6.32. The Morgan fingerprint density at radius 3 is 2.42 bits per heavy atom. The van der Waals surface area contributed by atoms with E-state index in [-0.39, 0.29) is 24.2 Å². The SMILES string of the molecule is CN(C)CCOCc1ccc(-c2ccc(O)c3c2C[C@H]2C[C@H]4[C@H](N(C)C)C(=O)C(C(N)=O)C(=O)[C@@]4(O)C(=O)C2C3=O)cn1. The molecule has 6 atom stereocenters. The second-order valence-electron chi connectivity index (χ2n) is 12.2. The summed E-state index contributed by atoms with van der Waals surface area (Å²) in [5.41, 5.74) is 5.14. The molecule has 3 aliphatic rings. The van der Waals surface area contributed by atoms with Crippen molar-refractivity contribution < 1.29 is 38.9 Å². The molecule has 1 amide bonds. The molecule has 5 rings (SSSR count). The van der Waals surface area contributed by atoms with E-state index in [1.165, 1.54) is 11.0 Å². The molecular weight excluding hydrogens is 556 g/mol. The van der Waals surface area contributed by atoms with Gasteiger partial charge in [-0.3, -0.25) is 33.9 Å². The first kappa shape index (κ1) is 30.6. The monoisotopic (exact) mass is 592 g/mol. The maximum Gasteiger partial charge on any atom is 0.235 e. The molecule has 12 nitrogen and oxygen atoms in total. The lowest BCUT2D eigenvalue weighted by Crippen LogP contribution is -2.74. The zero-order valence-electron chi connectivity index (χ0n) is 24.6. The Labute approximate surface area is 248 Å². The normalized spacial score (nSPS) is 28.6. The zero-order chi connectivity index (χ0) is 31.4. The summed E-state index contributed by atoms with van der Waals surface area (Å²) in [5, 5.41) is 22.5. The fourth-order valence-electron chi connectivity index (χ4n) is 6.97. The molecule has 1 aromatic heterocycles. The average Bonchev–Trinajstić information content (AvgIpc) is 2.93. The molecule has 1 heterocycles. The van der Waals surface area contributed by atoms with E-state index in [1.807, 2.05) is 31.1 Å². The van der Waals surface area contributed by atoms with E-state index in [2.05, 4.69) is 4.98 Å². The number of hydrogen-bond donors (Lipinski definition) is 3. The van der Waals surface area contributed by atoms with Gasteiger partial charge in [-0.25, -0.2) is 0 Å². The largest absolute Gasteiger partial charge is 0.507 e. The van der Waals surface area contributed by atoms with Crippen LogP contribution in [0.1, 0.15) is 28.0 Å². The molecule has 0 saturated heterocycles. The minimum absolute atomic E-state index is 0.0134. The summed E-state index contributed by atoms with van der Waals surface area (Å²) in [6.07, 6.45) is 1.81. The molecule has 0 radical (unpaired) electrons. The van der Waals surface area contributed by atoms with Crippen molar-refractivity contribution in [1.29, 1.82) is 0 Å². The van der Waals surface area contributed by atoms with Crippen LogP contribution in [0.2, 0.25) is 0 Å². The van der Waals surface area contributed by atoms with Crippen molar-refractivity contribution in [2.45, 2.75) is 31.1 Å². The van der Waals surface area contributed by atoms with E-state index >= 15 is 0 Å². The number of rotatable bonds is 8. The van der Waals surface area contributed by atoms with Gasteiger partial charge in [-0.2, -0.15) is 0 Å². The third-order valence-corrected chi connectivity index (χ3v) is 9.01. The number of nitrogens with two attached hydrogens (primary N) is 1. The number of pyridine rings is 1. The quantitative estimate of drug-likeness (QED) is 0.277. The number of primary amides is 1. The molecule has 4 N–H and O–H groups in total. The number of aromatic hydroxyl groups is 1. The van der Waals surface area contributed by atoms with Crippen LogP contribution in [-0.2, 0) is 36.9 Å². The number of ether oxygens (including phenoxy) is 1. The Balaban J connectivity index is 1.51. The maximum atomic E-state index is 14.0. The topological polar surface area (TPSA) is 180 Å². The minimum atomic E-state index is -2.75. The lowest BCUT2D eigenvalue weighted by atomic mass is 9.52. The number of carbonyl (C=O) groups excluding carboxylic acids is 5. The van der Waals surface area contributed by atoms with E-state index in [0.29, 0.717) is 29.9 Å². The predicted molar refractivity (Wildman–Crippen MR) is 153 cm³/mol. The van der Waals surface area contributed by atoms with Crippen LogP contribution in [0.4, 0.5) is 0 Å². The fourth-order valence-corrected chi connectivity index (χ4v) is 6.97. The molecular formula is C31H36N4O8. The number of likely N-dealkylation sites (N-methyl/N-ethyl adjacent to an activating group) is 2. The highest BCUT2D eigenvalue weighted by atomic mass is 16.5. The van der Waals surface area contributed by atoms with Crippen LogP contribution >= 0.6 is 0 Å². The number of Topliss-reactive ketones (excluding diaryl/α,β-unsaturated/α-hetero) is 4. The Morgan fingerprint density at radius 1 is 1.09 bits per heavy atom. The van der Waals surface area contributed by atoms with Gasteiger partial charge in [0.2, 0.25) is 5.91 Å². The first-order valence-electron chi connectivity index (χ1n) is 14.2. The van der Waals surface area contributed by atoms with Gasteiger partial charge in [0, 0.05) is 24.2 Å². The highest BCUT2D eigenvalue weighted by Gasteiger charge is 2.69. The third kappa shape index (κ3) is 4.97. The molecule has 0 aliphatic heterocycles. The van der Waals surface area contributed by atoms with E-state index in [1.54, 1.807) is 26.4 Å². The van der Waals surface area contributed by atoms with Crippen molar-refractivity contribution in [2.24, 2.45) is 29.4 Å². The molecule has 2 unspecified atom stereocenters. The van der Waals surface area contributed by atoms with Crippen molar-refractivity contribution in [3.05, 3.63) is 47.3 Å². The average molecular weight is 593 g/mol. The van der Waals surface area contributed by atoms with Gasteiger partial charge >= 0.3 is 0 Å². The van der Waals surface area contributed by atoms with E-state index in [9.17, 15) is 34.2 Å². The number of phenols is 1. The Bertz CT molecular complexity index is 1500. The molecule has 2 fully saturated rings. The van der Waals surface area contributed by atoms with Crippen LogP contribution in [0.25, 0.3) is 11.1 Å². The number of nitrogens with zero attached hydrogens (tertiary/aromatic N) is 3. The molecule has 3 aliphatic carbocycles. The second kappa shape index (κ2) is 11.3. The Hall–Kier alpha value is -3.84. The molecule has 43 heavy (non-hydrogen) atoms. The van der Waals surface area contributed by atoms with Crippen LogP contribution in [-0.4, -0.2) is 107 Å². The number of carbonyl (C=O) groups is 5. The number of hydrogen-bond acceptors (Lipinski definition) is 11. The Morgan fingerprint density at radius 2 is 1.81 bits per heavy atom. The van der Waals surface area contributed by atoms with Gasteiger partial charge < -0.3 is 25.6 Å². The van der Waals surface area contributed by atoms with E-state index in [4.69, 9.17) is 10.5 Å². The zero-order valence-corrected chi connectivity index (χ0v) is 24.6. The van der Waals surface area contributed by atoms with Crippen molar-refractivity contribution in [3.8, 4) is 16.9 Å². The molecule has 0 bridgehead atoms. The van der Waals surface area contributed by atoms with Gasteiger partial charge in [-0.1, -0.05) is 12.1 Å². The summed E-state index contributed by atoms with van der Waals surface area (Å²) in [5.74, 6) is -10.7. The van der Waals surface area contributed by atoms with Gasteiger partial charge in [0.1, 0.15) is 5.75 Å². The van der Waals surface area contributed by atoms with Gasteiger partial charge in [0.15, 0.2) is 34.7 Å². The summed E-state index contributed by atoms with van der Waals surface area (Å²) < 4.78 is 5.67. The molecule has 228 valence electrons. The number of benzene rings is 1. The van der Waals surface area contributed by atoms with Crippen LogP contribution in [0.5, 0.6) is 5.75 Å². The number of aliphatic hydroxyl groups is 1. The van der Waals surface area contributed by atoms with Crippen LogP contribution < -0.4 is 5.73 Å². The first-order chi connectivity index (χ1) is 20.3. The second-order valence-corrected chi connectivity index (χ2v) is 12.2. The van der Waals surface area contributed by atoms with Gasteiger partial charge in [0.25, 0.3) is 0 Å². The van der Waals surface area contributed by atoms with Crippen LogP contribution in [0.15, 0.2) is 30.5 Å². The number of fused-ring (bicyclic) bond motifs is 3. The summed E-state index contributed by atoms with van der Waals surface area (Å²) in [6.45, 7) is 1.66. The lowest BCUT2D eigenvalue weighted by molar-refractivity contribution is -0.181. The van der Waals surface area contributed by atoms with Gasteiger partial charge in [0.05, 0.1) is 36.4 Å². The van der Waals surface area contributed by atoms with E-state index < -0.39 is 64.4 Å². The van der Waals surface area contributed by atoms with Crippen LogP contribution in [0, 0.1) is 23.7 Å². The molecule has 2 saturated carbocycles. The predicted octanol–water partition coefficient (Wildman–Crippen LogP) is 0.00720. The molecule has 1 aromatic carbocycles. The summed E-state index contributed by atoms with van der Waals surface area (Å²) in [7, 11) is 7.02. The lowest BCUT2D eigenvalue weighted by Gasteiger charge is -2.52. The minimum Gasteiger partial charge on any atom is -0.507 e. The van der Waals surface area contributed by atoms with Crippen molar-refractivity contribution >= 4 is 29.0 Å². The fraction of sp³-hybridized carbons (Fsp3) is 0.484. The van der Waals surface area contributed by atoms with Crippen molar-refractivity contribution in [1.82, 2.24) is 14.8 Å². The number of phenolic OH excluding ortho intramolecular Hbond substituents is 1. The van der Waals surface area contributed by atoms with Gasteiger partial charge in [-0.15, -0.1) is 0 Å². The number of aromatic nitrogens is 1. The summed E-state index contributed by atoms with van der Waals surface area (Å²) in [6, 6.07) is 5.56. The maximum absolute atomic E-state index is 14.0. The van der Waals surface area contributed by atoms with Crippen molar-refractivity contribution in [3.63, 3.8) is 0 Å². The van der Waals surface area contributed by atoms with Gasteiger partial charge in [-0.05, 0) is 70.2 Å². The molecule has 2 aromatic rings.